The van der Waals surface area contributed by atoms with Crippen LogP contribution in [0.15, 0.2) is 30.6 Å². The van der Waals surface area contributed by atoms with Gasteiger partial charge in [0.2, 0.25) is 0 Å². The Hall–Kier alpha value is -1.35. The van der Waals surface area contributed by atoms with Gasteiger partial charge in [0, 0.05) is 6.54 Å². The smallest absolute Gasteiger partial charge is 0.0958 e. The fraction of sp³-hybridized carbons (Fsp3) is 0.588. The van der Waals surface area contributed by atoms with Gasteiger partial charge in [0.1, 0.15) is 0 Å². The molecule has 1 aromatic carbocycles. The number of aromatic nitrogens is 2. The van der Waals surface area contributed by atoms with Crippen LogP contribution in [0, 0.1) is 5.41 Å². The van der Waals surface area contributed by atoms with Crippen molar-refractivity contribution in [2.75, 3.05) is 0 Å². The Morgan fingerprint density at radius 2 is 1.70 bits per heavy atom. The molecule has 3 heteroatoms. The van der Waals surface area contributed by atoms with Crippen LogP contribution in [0.4, 0.5) is 0 Å². The third-order valence-electron chi connectivity index (χ3n) is 3.04. The van der Waals surface area contributed by atoms with Crippen LogP contribution >= 0.6 is 0 Å². The molecule has 0 saturated carbocycles. The molecule has 2 rings (SSSR count). The van der Waals surface area contributed by atoms with Crippen molar-refractivity contribution in [3.05, 3.63) is 30.6 Å². The number of benzene rings is 1. The zero-order valence-corrected chi connectivity index (χ0v) is 13.6. The fourth-order valence-electron chi connectivity index (χ4n) is 2.82. The van der Waals surface area contributed by atoms with Crippen molar-refractivity contribution in [3.8, 4) is 0 Å². The van der Waals surface area contributed by atoms with Crippen LogP contribution in [-0.4, -0.2) is 20.3 Å². The largest absolute Gasteiger partial charge is 0.390 e. The number of aliphatic hydroxyl groups is 1. The second-order valence-corrected chi connectivity index (χ2v) is 6.51. The molecule has 0 radical (unpaired) electrons. The predicted octanol–water partition coefficient (Wildman–Crippen LogP) is 4.25. The molecule has 0 aliphatic rings. The molecule has 0 fully saturated rings. The highest BCUT2D eigenvalue weighted by Crippen LogP contribution is 2.30. The molecule has 0 unspecified atom stereocenters. The lowest BCUT2D eigenvalue weighted by molar-refractivity contribution is 0.0270. The van der Waals surface area contributed by atoms with Gasteiger partial charge in [-0.3, -0.25) is 0 Å². The molecule has 0 aliphatic heterocycles. The van der Waals surface area contributed by atoms with Crippen LogP contribution in [0.2, 0.25) is 0 Å². The second kappa shape index (κ2) is 6.40. The van der Waals surface area contributed by atoms with E-state index in [1.54, 1.807) is 0 Å². The molecule has 3 nitrogen and oxygen atoms in total. The standard InChI is InChI=1S/C15H22N2O.C2H6/c1-14(2,9-15(3,4)18)10-17-11-16-12-7-5-6-8-13(12)17;1-2/h5-8,11,18H,9-10H2,1-4H3;1-2H3. The summed E-state index contributed by atoms with van der Waals surface area (Å²) >= 11 is 0. The summed E-state index contributed by atoms with van der Waals surface area (Å²) in [4.78, 5) is 4.40. The van der Waals surface area contributed by atoms with E-state index in [9.17, 15) is 5.11 Å². The molecule has 0 amide bonds. The second-order valence-electron chi connectivity index (χ2n) is 6.51. The van der Waals surface area contributed by atoms with Gasteiger partial charge in [-0.25, -0.2) is 4.98 Å². The zero-order chi connectivity index (χ0) is 15.4. The molecule has 1 N–H and O–H groups in total. The van der Waals surface area contributed by atoms with Crippen molar-refractivity contribution < 1.29 is 5.11 Å². The van der Waals surface area contributed by atoms with Gasteiger partial charge in [-0.2, -0.15) is 0 Å². The van der Waals surface area contributed by atoms with Crippen molar-refractivity contribution in [1.29, 1.82) is 0 Å². The Morgan fingerprint density at radius 3 is 2.30 bits per heavy atom. The van der Waals surface area contributed by atoms with Gasteiger partial charge >= 0.3 is 0 Å². The van der Waals surface area contributed by atoms with E-state index in [4.69, 9.17) is 0 Å². The van der Waals surface area contributed by atoms with Crippen molar-refractivity contribution >= 4 is 11.0 Å². The molecule has 2 aromatic rings. The monoisotopic (exact) mass is 276 g/mol. The molecular weight excluding hydrogens is 248 g/mol. The lowest BCUT2D eigenvalue weighted by Gasteiger charge is -2.31. The summed E-state index contributed by atoms with van der Waals surface area (Å²) in [6.07, 6.45) is 2.64. The number of rotatable bonds is 4. The van der Waals surface area contributed by atoms with Crippen LogP contribution < -0.4 is 0 Å². The first-order valence-corrected chi connectivity index (χ1v) is 7.39. The summed E-state index contributed by atoms with van der Waals surface area (Å²) in [5, 5.41) is 9.97. The van der Waals surface area contributed by atoms with Crippen LogP contribution in [0.1, 0.15) is 48.0 Å². The summed E-state index contributed by atoms with van der Waals surface area (Å²) in [5.74, 6) is 0. The molecule has 0 bridgehead atoms. The number of hydrogen-bond donors (Lipinski definition) is 1. The maximum Gasteiger partial charge on any atom is 0.0958 e. The van der Waals surface area contributed by atoms with E-state index in [0.29, 0.717) is 0 Å². The predicted molar refractivity (Wildman–Crippen MR) is 85.8 cm³/mol. The van der Waals surface area contributed by atoms with Gasteiger partial charge in [-0.15, -0.1) is 0 Å². The zero-order valence-electron chi connectivity index (χ0n) is 13.6. The molecule has 0 spiro atoms. The highest BCUT2D eigenvalue weighted by molar-refractivity contribution is 5.74. The van der Waals surface area contributed by atoms with E-state index in [2.05, 4.69) is 29.5 Å². The summed E-state index contributed by atoms with van der Waals surface area (Å²) < 4.78 is 2.17. The maximum absolute atomic E-state index is 9.97. The number of imidazole rings is 1. The highest BCUT2D eigenvalue weighted by Gasteiger charge is 2.27. The van der Waals surface area contributed by atoms with Crippen LogP contribution in [0.3, 0.4) is 0 Å². The van der Waals surface area contributed by atoms with Crippen molar-refractivity contribution in [3.63, 3.8) is 0 Å². The quantitative estimate of drug-likeness (QED) is 0.906. The van der Waals surface area contributed by atoms with E-state index in [-0.39, 0.29) is 5.41 Å². The van der Waals surface area contributed by atoms with E-state index in [1.165, 1.54) is 0 Å². The van der Waals surface area contributed by atoms with Crippen molar-refractivity contribution in [1.82, 2.24) is 9.55 Å². The molecule has 0 saturated heterocycles. The molecule has 1 aromatic heterocycles. The molecular formula is C17H28N2O. The average molecular weight is 276 g/mol. The molecule has 112 valence electrons. The first-order valence-electron chi connectivity index (χ1n) is 7.39. The van der Waals surface area contributed by atoms with Gasteiger partial charge in [0.15, 0.2) is 0 Å². The van der Waals surface area contributed by atoms with Crippen LogP contribution in [0.25, 0.3) is 11.0 Å². The topological polar surface area (TPSA) is 38.0 Å². The third kappa shape index (κ3) is 4.64. The Bertz CT molecular complexity index is 535. The number of nitrogens with zero attached hydrogens (tertiary/aromatic N) is 2. The summed E-state index contributed by atoms with van der Waals surface area (Å²) in [5.41, 5.74) is 1.57. The Balaban J connectivity index is 0.000000956. The lowest BCUT2D eigenvalue weighted by Crippen LogP contribution is -2.31. The minimum absolute atomic E-state index is 0.0295. The summed E-state index contributed by atoms with van der Waals surface area (Å²) in [7, 11) is 0. The molecule has 0 aliphatic carbocycles. The summed E-state index contributed by atoms with van der Waals surface area (Å²) in [6.45, 7) is 12.9. The average Bonchev–Trinajstić information content (AvgIpc) is 2.72. The first kappa shape index (κ1) is 16.7. The van der Waals surface area contributed by atoms with Crippen LogP contribution in [0.5, 0.6) is 0 Å². The fourth-order valence-corrected chi connectivity index (χ4v) is 2.82. The minimum Gasteiger partial charge on any atom is -0.390 e. The number of hydrogen-bond acceptors (Lipinski definition) is 2. The normalized spacial score (nSPS) is 12.2. The summed E-state index contributed by atoms with van der Waals surface area (Å²) in [6, 6.07) is 8.14. The highest BCUT2D eigenvalue weighted by atomic mass is 16.3. The first-order chi connectivity index (χ1) is 9.27. The van der Waals surface area contributed by atoms with E-state index < -0.39 is 5.60 Å². The van der Waals surface area contributed by atoms with E-state index in [1.807, 2.05) is 52.2 Å². The van der Waals surface area contributed by atoms with Gasteiger partial charge in [0.25, 0.3) is 0 Å². The van der Waals surface area contributed by atoms with Crippen molar-refractivity contribution in [2.45, 2.75) is 60.1 Å². The van der Waals surface area contributed by atoms with E-state index >= 15 is 0 Å². The Kier molecular flexibility index (Phi) is 5.35. The van der Waals surface area contributed by atoms with Crippen molar-refractivity contribution in [2.24, 2.45) is 5.41 Å². The molecule has 1 heterocycles. The SMILES string of the molecule is CC.CC(C)(O)CC(C)(C)Cn1cnc2ccccc21. The lowest BCUT2D eigenvalue weighted by atomic mass is 9.81. The van der Waals surface area contributed by atoms with Gasteiger partial charge in [-0.05, 0) is 37.8 Å². The van der Waals surface area contributed by atoms with E-state index in [0.717, 1.165) is 24.0 Å². The Morgan fingerprint density at radius 1 is 1.10 bits per heavy atom. The Labute approximate surface area is 122 Å². The van der Waals surface area contributed by atoms with Gasteiger partial charge < -0.3 is 9.67 Å². The third-order valence-corrected chi connectivity index (χ3v) is 3.04. The maximum atomic E-state index is 9.97. The molecule has 0 atom stereocenters. The number of fused-ring (bicyclic) bond motifs is 1. The van der Waals surface area contributed by atoms with Gasteiger partial charge in [0.05, 0.1) is 23.0 Å². The number of para-hydroxylation sites is 2. The molecule has 20 heavy (non-hydrogen) atoms. The minimum atomic E-state index is -0.639. The van der Waals surface area contributed by atoms with Gasteiger partial charge in [-0.1, -0.05) is 39.8 Å². The van der Waals surface area contributed by atoms with Crippen LogP contribution in [-0.2, 0) is 6.54 Å².